The Morgan fingerprint density at radius 3 is 2.96 bits per heavy atom. The number of aromatic nitrogens is 1. The summed E-state index contributed by atoms with van der Waals surface area (Å²) in [6.07, 6.45) is 5.12. The normalized spacial score (nSPS) is 31.1. The Morgan fingerprint density at radius 1 is 1.37 bits per heavy atom. The van der Waals surface area contributed by atoms with Crippen molar-refractivity contribution >= 4 is 28.3 Å². The lowest BCUT2D eigenvalue weighted by Gasteiger charge is -2.55. The van der Waals surface area contributed by atoms with E-state index in [0.717, 1.165) is 24.1 Å². The van der Waals surface area contributed by atoms with Gasteiger partial charge >= 0.3 is 0 Å². The van der Waals surface area contributed by atoms with Gasteiger partial charge in [0.05, 0.1) is 5.56 Å². The van der Waals surface area contributed by atoms with Crippen molar-refractivity contribution < 1.29 is 14.3 Å². The number of ether oxygens (including phenoxy) is 1. The molecule has 27 heavy (non-hydrogen) atoms. The van der Waals surface area contributed by atoms with E-state index in [-0.39, 0.29) is 29.6 Å². The maximum absolute atomic E-state index is 12.8. The molecule has 0 unspecified atom stereocenters. The first-order valence-corrected chi connectivity index (χ1v) is 10.2. The summed E-state index contributed by atoms with van der Waals surface area (Å²) in [5, 5.41) is 6.76. The molecule has 140 valence electrons. The number of para-hydroxylation sites is 1. The lowest BCUT2D eigenvalue weighted by atomic mass is 9.60. The molecule has 2 aromatic rings. The van der Waals surface area contributed by atoms with E-state index in [4.69, 9.17) is 4.74 Å². The predicted molar refractivity (Wildman–Crippen MR) is 102 cm³/mol. The van der Waals surface area contributed by atoms with Crippen LogP contribution in [-0.4, -0.2) is 22.5 Å². The molecule has 1 aromatic heterocycles. The number of anilines is 1. The van der Waals surface area contributed by atoms with Crippen molar-refractivity contribution in [3.8, 4) is 5.75 Å². The third kappa shape index (κ3) is 2.72. The molecule has 0 saturated heterocycles. The molecule has 6 rings (SSSR count). The Kier molecular flexibility index (Phi) is 3.75. The first-order valence-electron chi connectivity index (χ1n) is 9.38. The van der Waals surface area contributed by atoms with Gasteiger partial charge in [-0.3, -0.25) is 9.59 Å². The van der Waals surface area contributed by atoms with Crippen molar-refractivity contribution in [3.63, 3.8) is 0 Å². The summed E-state index contributed by atoms with van der Waals surface area (Å²) in [6, 6.07) is 7.37. The Balaban J connectivity index is 1.36. The highest BCUT2D eigenvalue weighted by Gasteiger charge is 2.57. The number of fused-ring (bicyclic) bond motifs is 3. The highest BCUT2D eigenvalue weighted by atomic mass is 32.1. The van der Waals surface area contributed by atoms with E-state index in [1.54, 1.807) is 12.3 Å². The second-order valence-electron chi connectivity index (χ2n) is 7.79. The first kappa shape index (κ1) is 16.7. The number of carbonyl (C=O) groups is 2. The molecule has 1 spiro atoms. The Morgan fingerprint density at radius 2 is 2.22 bits per heavy atom. The fourth-order valence-corrected chi connectivity index (χ4v) is 5.56. The van der Waals surface area contributed by atoms with Gasteiger partial charge in [-0.05, 0) is 44.2 Å². The van der Waals surface area contributed by atoms with Crippen LogP contribution >= 0.6 is 11.3 Å². The Bertz CT molecular complexity index is 927. The van der Waals surface area contributed by atoms with Crippen molar-refractivity contribution in [2.45, 2.75) is 38.3 Å². The van der Waals surface area contributed by atoms with Crippen LogP contribution in [0.2, 0.25) is 0 Å². The number of thiazole rings is 1. The van der Waals surface area contributed by atoms with Crippen LogP contribution in [0.3, 0.4) is 0 Å². The molecule has 2 heterocycles. The van der Waals surface area contributed by atoms with Gasteiger partial charge in [-0.1, -0.05) is 12.1 Å². The van der Waals surface area contributed by atoms with Gasteiger partial charge in [0.25, 0.3) is 5.91 Å². The van der Waals surface area contributed by atoms with E-state index in [1.807, 2.05) is 25.1 Å². The molecule has 0 radical (unpaired) electrons. The molecule has 1 aliphatic heterocycles. The topological polar surface area (TPSA) is 80.3 Å². The number of aryl methyl sites for hydroxylation is 1. The quantitative estimate of drug-likeness (QED) is 0.833. The van der Waals surface area contributed by atoms with Gasteiger partial charge in [0.1, 0.15) is 5.75 Å². The van der Waals surface area contributed by atoms with E-state index in [1.165, 1.54) is 11.3 Å². The van der Waals surface area contributed by atoms with Gasteiger partial charge in [-0.15, -0.1) is 11.3 Å². The third-order valence-corrected chi connectivity index (χ3v) is 6.98. The van der Waals surface area contributed by atoms with Crippen LogP contribution in [0.4, 0.5) is 5.13 Å². The van der Waals surface area contributed by atoms with Gasteiger partial charge in [0.2, 0.25) is 5.91 Å². The van der Waals surface area contributed by atoms with Crippen LogP contribution in [0.25, 0.3) is 0 Å². The van der Waals surface area contributed by atoms with Crippen molar-refractivity contribution in [2.75, 3.05) is 5.32 Å². The minimum atomic E-state index is -0.678. The van der Waals surface area contributed by atoms with E-state index >= 15 is 0 Å². The predicted octanol–water partition coefficient (Wildman–Crippen LogP) is 3.34. The van der Waals surface area contributed by atoms with Gasteiger partial charge in [-0.2, -0.15) is 0 Å². The second-order valence-corrected chi connectivity index (χ2v) is 9.02. The maximum Gasteiger partial charge on any atom is 0.258 e. The lowest BCUT2D eigenvalue weighted by molar-refractivity contribution is -0.142. The lowest BCUT2D eigenvalue weighted by Crippen LogP contribution is -2.66. The second kappa shape index (κ2) is 6.05. The number of amides is 2. The van der Waals surface area contributed by atoms with E-state index in [9.17, 15) is 9.59 Å². The fourth-order valence-electron chi connectivity index (χ4n) is 4.89. The van der Waals surface area contributed by atoms with Crippen LogP contribution in [0, 0.1) is 24.7 Å². The van der Waals surface area contributed by atoms with Crippen LogP contribution in [-0.2, 0) is 4.79 Å². The summed E-state index contributed by atoms with van der Waals surface area (Å²) >= 11 is 1.49. The fraction of sp³-hybridized carbons (Fsp3) is 0.450. The summed E-state index contributed by atoms with van der Waals surface area (Å²) in [5.74, 6) is 0.875. The smallest absolute Gasteiger partial charge is 0.258 e. The number of carbonyl (C=O) groups excluding carboxylic acids is 2. The molecule has 7 heteroatoms. The van der Waals surface area contributed by atoms with Gasteiger partial charge in [-0.25, -0.2) is 4.98 Å². The van der Waals surface area contributed by atoms with Crippen molar-refractivity contribution in [3.05, 3.63) is 40.9 Å². The van der Waals surface area contributed by atoms with E-state index in [2.05, 4.69) is 15.6 Å². The molecule has 2 N–H and O–H groups in total. The van der Waals surface area contributed by atoms with Gasteiger partial charge < -0.3 is 15.4 Å². The SMILES string of the molecule is Cc1cnc(NC(=O)[C@@H]2C[C@H]3CC[C@H]2C[C@]32NC(=O)c3ccccc3O2)s1. The van der Waals surface area contributed by atoms with E-state index in [0.29, 0.717) is 22.9 Å². The summed E-state index contributed by atoms with van der Waals surface area (Å²) < 4.78 is 6.34. The summed E-state index contributed by atoms with van der Waals surface area (Å²) in [6.45, 7) is 1.97. The molecule has 3 saturated carbocycles. The van der Waals surface area contributed by atoms with Crippen molar-refractivity contribution in [1.29, 1.82) is 0 Å². The molecule has 3 fully saturated rings. The highest BCUT2D eigenvalue weighted by molar-refractivity contribution is 7.15. The minimum Gasteiger partial charge on any atom is -0.467 e. The highest BCUT2D eigenvalue weighted by Crippen LogP contribution is 2.52. The number of benzene rings is 1. The summed E-state index contributed by atoms with van der Waals surface area (Å²) in [4.78, 5) is 30.8. The Hall–Kier alpha value is -2.41. The average Bonchev–Trinajstić information content (AvgIpc) is 3.06. The van der Waals surface area contributed by atoms with Crippen LogP contribution < -0.4 is 15.4 Å². The van der Waals surface area contributed by atoms with Gasteiger partial charge in [0.15, 0.2) is 10.9 Å². The zero-order valence-corrected chi connectivity index (χ0v) is 15.8. The molecule has 4 atom stereocenters. The molecule has 2 bridgehead atoms. The standard InChI is InChI=1S/C20H21N3O3S/c1-11-10-21-19(27-11)22-17(24)15-8-13-7-6-12(15)9-20(13)23-18(25)14-4-2-3-5-16(14)26-20/h2-5,10,12-13,15H,6-9H2,1H3,(H,23,25)(H,21,22,24)/t12-,13+,15+,20+/m0/s1. The molecular weight excluding hydrogens is 362 g/mol. The number of nitrogens with zero attached hydrogens (tertiary/aromatic N) is 1. The molecule has 3 aliphatic carbocycles. The van der Waals surface area contributed by atoms with E-state index < -0.39 is 5.72 Å². The molecule has 4 aliphatic rings. The third-order valence-electron chi connectivity index (χ3n) is 6.16. The monoisotopic (exact) mass is 383 g/mol. The van der Waals surface area contributed by atoms with Crippen molar-refractivity contribution in [1.82, 2.24) is 10.3 Å². The molecule has 6 nitrogen and oxygen atoms in total. The zero-order chi connectivity index (χ0) is 18.6. The minimum absolute atomic E-state index is 0.0384. The number of hydrogen-bond donors (Lipinski definition) is 2. The Labute approximate surface area is 161 Å². The molecule has 2 amide bonds. The number of hydrogen-bond acceptors (Lipinski definition) is 5. The zero-order valence-electron chi connectivity index (χ0n) is 15.0. The maximum atomic E-state index is 12.8. The van der Waals surface area contributed by atoms with Crippen LogP contribution in [0.5, 0.6) is 5.75 Å². The summed E-state index contributed by atoms with van der Waals surface area (Å²) in [7, 11) is 0. The van der Waals surface area contributed by atoms with Crippen molar-refractivity contribution in [2.24, 2.45) is 17.8 Å². The summed E-state index contributed by atoms with van der Waals surface area (Å²) in [5.41, 5.74) is -0.0962. The number of rotatable bonds is 2. The first-order chi connectivity index (χ1) is 13.0. The number of nitrogens with one attached hydrogen (secondary N) is 2. The molecule has 1 aromatic carbocycles. The molecular formula is C20H21N3O3S. The van der Waals surface area contributed by atoms with Gasteiger partial charge in [0, 0.05) is 29.3 Å². The van der Waals surface area contributed by atoms with Crippen LogP contribution in [0.15, 0.2) is 30.5 Å². The largest absolute Gasteiger partial charge is 0.467 e. The van der Waals surface area contributed by atoms with Crippen LogP contribution in [0.1, 0.15) is 40.9 Å². The average molecular weight is 383 g/mol.